The highest BCUT2D eigenvalue weighted by Gasteiger charge is 2.39. The molecule has 0 unspecified atom stereocenters. The summed E-state index contributed by atoms with van der Waals surface area (Å²) in [5.74, 6) is -1.08. The van der Waals surface area contributed by atoms with Crippen LogP contribution in [0.25, 0.3) is 6.08 Å². The number of carbonyl (C=O) groups is 4. The molecule has 0 spiro atoms. The Bertz CT molecular complexity index is 1960. The Morgan fingerprint density at radius 1 is 0.980 bits per heavy atom. The number of imide groups is 1. The van der Waals surface area contributed by atoms with Gasteiger partial charge in [-0.1, -0.05) is 46.9 Å². The molecule has 4 amide bonds. The zero-order chi connectivity index (χ0) is 35.9. The number of aryl methyl sites for hydroxylation is 1. The van der Waals surface area contributed by atoms with Crippen LogP contribution in [0.2, 0.25) is 10.0 Å². The zero-order valence-electron chi connectivity index (χ0n) is 26.3. The maximum absolute atomic E-state index is 12.7. The highest BCUT2D eigenvalue weighted by atomic mass is 35.5. The molecule has 3 aromatic rings. The molecular weight excluding hydrogens is 723 g/mol. The standard InChI is InChI=1S/C19H17Cl2NO4.C12H12ClN5O4S/c1-2-26-19(25)16(21)10-11-9-12(7-8-15(11)20)22-17(23)13-5-3-4-6-14(13)18(22)24;1-7-14-10(17-12(15-7)22-2)16-11(19)18-23(20,21)9-6-4-3-5-8(9)13/h7-10H,2-6H2,1H3;3-6H,1-2H3,(H2,14,15,16,17,18,19)/b16-10-;. The summed E-state index contributed by atoms with van der Waals surface area (Å²) in [6.07, 6.45) is 4.45. The average Bonchev–Trinajstić information content (AvgIpc) is 3.31. The number of ether oxygens (including phenoxy) is 2. The van der Waals surface area contributed by atoms with Gasteiger partial charge in [-0.25, -0.2) is 27.6 Å². The van der Waals surface area contributed by atoms with E-state index in [1.54, 1.807) is 38.1 Å². The Hall–Kier alpha value is -4.57. The number of urea groups is 1. The summed E-state index contributed by atoms with van der Waals surface area (Å²) in [5, 5.41) is 2.38. The maximum atomic E-state index is 12.7. The largest absolute Gasteiger partial charge is 0.467 e. The molecule has 0 saturated carbocycles. The van der Waals surface area contributed by atoms with E-state index in [0.717, 1.165) is 12.8 Å². The molecule has 0 radical (unpaired) electrons. The second-order valence-electron chi connectivity index (χ2n) is 10.2. The number of anilines is 2. The molecule has 2 aliphatic rings. The van der Waals surface area contributed by atoms with E-state index in [2.05, 4.69) is 20.3 Å². The van der Waals surface area contributed by atoms with Crippen LogP contribution in [-0.2, 0) is 29.1 Å². The predicted octanol–water partition coefficient (Wildman–Crippen LogP) is 5.58. The van der Waals surface area contributed by atoms with E-state index in [9.17, 15) is 27.6 Å². The van der Waals surface area contributed by atoms with Crippen molar-refractivity contribution in [3.8, 4) is 6.01 Å². The normalized spacial score (nSPS) is 14.5. The third kappa shape index (κ3) is 9.12. The molecule has 1 aliphatic carbocycles. The van der Waals surface area contributed by atoms with Crippen molar-refractivity contribution >= 4 is 86.4 Å². The van der Waals surface area contributed by atoms with Crippen LogP contribution in [0.1, 0.15) is 44.0 Å². The lowest BCUT2D eigenvalue weighted by Crippen LogP contribution is -2.35. The minimum absolute atomic E-state index is 0.00882. The van der Waals surface area contributed by atoms with Crippen LogP contribution < -0.4 is 19.7 Å². The van der Waals surface area contributed by atoms with Gasteiger partial charge in [0.1, 0.15) is 15.8 Å². The molecule has 2 N–H and O–H groups in total. The fourth-order valence-corrected chi connectivity index (χ4v) is 6.49. The topological polar surface area (TPSA) is 187 Å². The number of carbonyl (C=O) groups excluding carboxylic acids is 4. The van der Waals surface area contributed by atoms with E-state index in [1.165, 1.54) is 36.3 Å². The van der Waals surface area contributed by atoms with Gasteiger partial charge in [-0.3, -0.25) is 14.9 Å². The number of hydrogen-bond acceptors (Lipinski definition) is 11. The number of rotatable bonds is 8. The van der Waals surface area contributed by atoms with Crippen molar-refractivity contribution in [1.82, 2.24) is 19.7 Å². The Morgan fingerprint density at radius 2 is 1.63 bits per heavy atom. The second kappa shape index (κ2) is 16.2. The van der Waals surface area contributed by atoms with E-state index in [4.69, 9.17) is 44.3 Å². The minimum Gasteiger partial charge on any atom is -0.467 e. The summed E-state index contributed by atoms with van der Waals surface area (Å²) in [6, 6.07) is 9.40. The molecule has 14 nitrogen and oxygen atoms in total. The van der Waals surface area contributed by atoms with Gasteiger partial charge < -0.3 is 9.47 Å². The number of nitrogens with one attached hydrogen (secondary N) is 2. The van der Waals surface area contributed by atoms with Crippen LogP contribution in [-0.4, -0.2) is 60.9 Å². The molecule has 1 aliphatic heterocycles. The number of sulfonamides is 1. The van der Waals surface area contributed by atoms with Gasteiger partial charge in [0.05, 0.1) is 24.4 Å². The highest BCUT2D eigenvalue weighted by Crippen LogP contribution is 2.37. The molecule has 0 fully saturated rings. The van der Waals surface area contributed by atoms with E-state index in [-0.39, 0.29) is 45.3 Å². The lowest BCUT2D eigenvalue weighted by atomic mass is 9.93. The first-order chi connectivity index (χ1) is 23.2. The number of methoxy groups -OCH3 is 1. The Balaban J connectivity index is 0.000000223. The highest BCUT2D eigenvalue weighted by molar-refractivity contribution is 7.90. The minimum atomic E-state index is -4.13. The summed E-state index contributed by atoms with van der Waals surface area (Å²) in [4.78, 5) is 61.3. The molecule has 18 heteroatoms. The number of esters is 1. The third-order valence-electron chi connectivity index (χ3n) is 6.87. The molecule has 0 atom stereocenters. The van der Waals surface area contributed by atoms with Crippen molar-refractivity contribution in [3.63, 3.8) is 0 Å². The molecule has 2 heterocycles. The first-order valence-electron chi connectivity index (χ1n) is 14.5. The van der Waals surface area contributed by atoms with Crippen LogP contribution in [0, 0.1) is 6.92 Å². The average molecular weight is 752 g/mol. The van der Waals surface area contributed by atoms with Gasteiger partial charge in [0, 0.05) is 16.2 Å². The summed E-state index contributed by atoms with van der Waals surface area (Å²) >= 11 is 17.9. The van der Waals surface area contributed by atoms with Crippen LogP contribution in [0.3, 0.4) is 0 Å². The van der Waals surface area contributed by atoms with Gasteiger partial charge >= 0.3 is 18.0 Å². The predicted molar refractivity (Wildman–Crippen MR) is 182 cm³/mol. The smallest absolute Gasteiger partial charge is 0.349 e. The Labute approximate surface area is 296 Å². The van der Waals surface area contributed by atoms with Crippen LogP contribution >= 0.6 is 34.8 Å². The van der Waals surface area contributed by atoms with Crippen molar-refractivity contribution in [2.24, 2.45) is 0 Å². The molecule has 0 bridgehead atoms. The van der Waals surface area contributed by atoms with Crippen molar-refractivity contribution in [3.05, 3.63) is 80.1 Å². The number of nitrogens with zero attached hydrogens (tertiary/aromatic N) is 4. The first kappa shape index (κ1) is 37.3. The van der Waals surface area contributed by atoms with Crippen molar-refractivity contribution < 1.29 is 37.1 Å². The summed E-state index contributed by atoms with van der Waals surface area (Å²) < 4.78 is 35.7. The van der Waals surface area contributed by atoms with Crippen LogP contribution in [0.5, 0.6) is 6.01 Å². The first-order valence-corrected chi connectivity index (χ1v) is 17.2. The third-order valence-corrected chi connectivity index (χ3v) is 9.31. The van der Waals surface area contributed by atoms with Crippen LogP contribution in [0.15, 0.2) is 63.5 Å². The van der Waals surface area contributed by atoms with Gasteiger partial charge in [0.15, 0.2) is 0 Å². The van der Waals surface area contributed by atoms with E-state index in [1.807, 2.05) is 4.72 Å². The molecule has 258 valence electrons. The summed E-state index contributed by atoms with van der Waals surface area (Å²) in [6.45, 7) is 3.44. The van der Waals surface area contributed by atoms with Crippen molar-refractivity contribution in [2.45, 2.75) is 44.4 Å². The van der Waals surface area contributed by atoms with E-state index < -0.39 is 22.0 Å². The van der Waals surface area contributed by atoms with Crippen LogP contribution in [0.4, 0.5) is 16.4 Å². The monoisotopic (exact) mass is 750 g/mol. The fraction of sp³-hybridized carbons (Fsp3) is 0.258. The van der Waals surface area contributed by atoms with Crippen molar-refractivity contribution in [1.29, 1.82) is 0 Å². The molecular formula is C31H29Cl3N6O8S. The van der Waals surface area contributed by atoms with Gasteiger partial charge in [-0.2, -0.15) is 15.0 Å². The Kier molecular flexibility index (Phi) is 12.3. The zero-order valence-corrected chi connectivity index (χ0v) is 29.3. The van der Waals surface area contributed by atoms with E-state index >= 15 is 0 Å². The molecule has 0 saturated heterocycles. The maximum Gasteiger partial charge on any atom is 0.349 e. The van der Waals surface area contributed by atoms with Gasteiger partial charge in [0.25, 0.3) is 21.8 Å². The number of amides is 4. The molecule has 1 aromatic heterocycles. The number of benzene rings is 2. The summed E-state index contributed by atoms with van der Waals surface area (Å²) in [7, 11) is -2.78. The van der Waals surface area contributed by atoms with Gasteiger partial charge in [-0.15, -0.1) is 0 Å². The SMILES string of the molecule is CCOC(=O)/C(Cl)=C/c1cc(N2C(=O)C3=C(CCCC3)C2=O)ccc1Cl.COc1nc(C)nc(NC(=O)NS(=O)(=O)c2ccccc2Cl)n1. The van der Waals surface area contributed by atoms with Gasteiger partial charge in [0.2, 0.25) is 5.95 Å². The molecule has 5 rings (SSSR count). The van der Waals surface area contributed by atoms with Crippen molar-refractivity contribution in [2.75, 3.05) is 23.9 Å². The number of halogens is 3. The number of aromatic nitrogens is 3. The lowest BCUT2D eigenvalue weighted by Gasteiger charge is -2.16. The lowest BCUT2D eigenvalue weighted by molar-refractivity contribution is -0.137. The van der Waals surface area contributed by atoms with E-state index in [0.29, 0.717) is 46.1 Å². The quantitative estimate of drug-likeness (QED) is 0.166. The summed E-state index contributed by atoms with van der Waals surface area (Å²) in [5.41, 5.74) is 2.04. The number of hydrogen-bond donors (Lipinski definition) is 2. The molecule has 2 aromatic carbocycles. The van der Waals surface area contributed by atoms with Gasteiger partial charge in [-0.05, 0) is 81.5 Å². The second-order valence-corrected chi connectivity index (χ2v) is 13.1. The molecule has 49 heavy (non-hydrogen) atoms. The fourth-order valence-electron chi connectivity index (χ4n) is 4.72. The Morgan fingerprint density at radius 3 is 2.24 bits per heavy atom.